The highest BCUT2D eigenvalue weighted by molar-refractivity contribution is 5.44. The Balaban J connectivity index is 1.65. The Morgan fingerprint density at radius 2 is 1.95 bits per heavy atom. The number of likely N-dealkylation sites (tertiary alicyclic amines) is 1. The van der Waals surface area contributed by atoms with E-state index in [2.05, 4.69) is 4.90 Å². The van der Waals surface area contributed by atoms with Crippen molar-refractivity contribution in [3.63, 3.8) is 0 Å². The Kier molecular flexibility index (Phi) is 3.93. The largest absolute Gasteiger partial charge is 0.347 e. The first-order valence-electron chi connectivity index (χ1n) is 7.33. The molecule has 3 rings (SSSR count). The molecule has 1 aromatic carbocycles. The van der Waals surface area contributed by atoms with Crippen LogP contribution in [-0.2, 0) is 16.0 Å². The fourth-order valence-electron chi connectivity index (χ4n) is 3.12. The lowest BCUT2D eigenvalue weighted by molar-refractivity contribution is -0.385. The molecule has 2 saturated heterocycles. The Morgan fingerprint density at radius 1 is 1.29 bits per heavy atom. The topological polar surface area (TPSA) is 64.8 Å². The Morgan fingerprint density at radius 3 is 2.57 bits per heavy atom. The van der Waals surface area contributed by atoms with Crippen molar-refractivity contribution in [2.24, 2.45) is 0 Å². The highest BCUT2D eigenvalue weighted by Crippen LogP contribution is 2.32. The van der Waals surface area contributed by atoms with Gasteiger partial charge < -0.3 is 9.47 Å². The van der Waals surface area contributed by atoms with Crippen molar-refractivity contribution in [3.05, 3.63) is 39.4 Å². The zero-order chi connectivity index (χ0) is 14.9. The van der Waals surface area contributed by atoms with Gasteiger partial charge in [-0.2, -0.15) is 0 Å². The standard InChI is InChI=1S/C15H20N2O4/c1-12-13(3-2-4-14(12)17(18)19)11-16-7-5-15(6-8-16)20-9-10-21-15/h2-4H,5-11H2,1H3. The second kappa shape index (κ2) is 5.71. The van der Waals surface area contributed by atoms with Crippen LogP contribution in [-0.4, -0.2) is 41.9 Å². The molecule has 2 fully saturated rings. The van der Waals surface area contributed by atoms with Crippen LogP contribution in [0, 0.1) is 17.0 Å². The van der Waals surface area contributed by atoms with Crippen LogP contribution in [0.3, 0.4) is 0 Å². The number of ether oxygens (including phenoxy) is 2. The fraction of sp³-hybridized carbons (Fsp3) is 0.600. The van der Waals surface area contributed by atoms with E-state index >= 15 is 0 Å². The number of rotatable bonds is 3. The number of hydrogen-bond acceptors (Lipinski definition) is 5. The van der Waals surface area contributed by atoms with Crippen molar-refractivity contribution in [2.75, 3.05) is 26.3 Å². The zero-order valence-electron chi connectivity index (χ0n) is 12.2. The van der Waals surface area contributed by atoms with Gasteiger partial charge in [0.25, 0.3) is 5.69 Å². The number of nitrogens with zero attached hydrogens (tertiary/aromatic N) is 2. The minimum Gasteiger partial charge on any atom is -0.347 e. The number of piperidine rings is 1. The van der Waals surface area contributed by atoms with Gasteiger partial charge in [-0.15, -0.1) is 0 Å². The van der Waals surface area contributed by atoms with E-state index in [1.54, 1.807) is 12.1 Å². The van der Waals surface area contributed by atoms with Gasteiger partial charge in [0, 0.05) is 44.1 Å². The molecule has 0 amide bonds. The number of hydrogen-bond donors (Lipinski definition) is 0. The summed E-state index contributed by atoms with van der Waals surface area (Å²) >= 11 is 0. The second-order valence-corrected chi connectivity index (χ2v) is 5.70. The highest BCUT2D eigenvalue weighted by Gasteiger charge is 2.39. The minimum atomic E-state index is -0.367. The summed E-state index contributed by atoms with van der Waals surface area (Å²) in [5.74, 6) is -0.367. The first kappa shape index (κ1) is 14.4. The fourth-order valence-corrected chi connectivity index (χ4v) is 3.12. The van der Waals surface area contributed by atoms with Crippen LogP contribution in [0.1, 0.15) is 24.0 Å². The normalized spacial score (nSPS) is 21.8. The van der Waals surface area contributed by atoms with Gasteiger partial charge in [0.05, 0.1) is 18.1 Å². The van der Waals surface area contributed by atoms with E-state index in [1.807, 2.05) is 13.0 Å². The molecule has 2 heterocycles. The van der Waals surface area contributed by atoms with Gasteiger partial charge in [0.15, 0.2) is 5.79 Å². The molecular weight excluding hydrogens is 272 g/mol. The Labute approximate surface area is 123 Å². The molecule has 0 saturated carbocycles. The maximum absolute atomic E-state index is 11.0. The Bertz CT molecular complexity index is 530. The lowest BCUT2D eigenvalue weighted by Crippen LogP contribution is -2.44. The van der Waals surface area contributed by atoms with Gasteiger partial charge in [0.1, 0.15) is 0 Å². The van der Waals surface area contributed by atoms with E-state index < -0.39 is 0 Å². The van der Waals surface area contributed by atoms with Gasteiger partial charge in [-0.05, 0) is 12.5 Å². The van der Waals surface area contributed by atoms with Crippen molar-refractivity contribution in [3.8, 4) is 0 Å². The van der Waals surface area contributed by atoms with Gasteiger partial charge in [-0.1, -0.05) is 12.1 Å². The quantitative estimate of drug-likeness (QED) is 0.631. The summed E-state index contributed by atoms with van der Waals surface area (Å²) in [6.07, 6.45) is 1.72. The molecule has 0 aromatic heterocycles. The van der Waals surface area contributed by atoms with Gasteiger partial charge in [-0.25, -0.2) is 0 Å². The molecule has 2 aliphatic heterocycles. The van der Waals surface area contributed by atoms with Crippen molar-refractivity contribution in [2.45, 2.75) is 32.1 Å². The molecule has 6 nitrogen and oxygen atoms in total. The van der Waals surface area contributed by atoms with Gasteiger partial charge >= 0.3 is 0 Å². The molecular formula is C15H20N2O4. The van der Waals surface area contributed by atoms with E-state index in [1.165, 1.54) is 0 Å². The molecule has 0 bridgehead atoms. The molecule has 114 valence electrons. The lowest BCUT2D eigenvalue weighted by atomic mass is 10.0. The number of nitro benzene ring substituents is 1. The predicted molar refractivity (Wildman–Crippen MR) is 77.0 cm³/mol. The molecule has 21 heavy (non-hydrogen) atoms. The molecule has 0 N–H and O–H groups in total. The SMILES string of the molecule is Cc1c(CN2CCC3(CC2)OCCO3)cccc1[N+](=O)[O-]. The van der Waals surface area contributed by atoms with Crippen LogP contribution in [0.2, 0.25) is 0 Å². The van der Waals surface area contributed by atoms with Crippen LogP contribution >= 0.6 is 0 Å². The van der Waals surface area contributed by atoms with E-state index in [0.29, 0.717) is 13.2 Å². The summed E-state index contributed by atoms with van der Waals surface area (Å²) in [4.78, 5) is 13.0. The third kappa shape index (κ3) is 2.92. The summed E-state index contributed by atoms with van der Waals surface area (Å²) < 4.78 is 11.4. The van der Waals surface area contributed by atoms with Crippen LogP contribution in [0.4, 0.5) is 5.69 Å². The predicted octanol–water partition coefficient (Wildman–Crippen LogP) is 2.24. The summed E-state index contributed by atoms with van der Waals surface area (Å²) in [6, 6.07) is 5.29. The molecule has 0 aliphatic carbocycles. The summed E-state index contributed by atoms with van der Waals surface area (Å²) in [6.45, 7) is 5.71. The molecule has 0 unspecified atom stereocenters. The van der Waals surface area contributed by atoms with Crippen LogP contribution < -0.4 is 0 Å². The highest BCUT2D eigenvalue weighted by atomic mass is 16.7. The number of nitro groups is 1. The van der Waals surface area contributed by atoms with E-state index in [0.717, 1.165) is 43.6 Å². The summed E-state index contributed by atoms with van der Waals surface area (Å²) in [7, 11) is 0. The van der Waals surface area contributed by atoms with Crippen LogP contribution in [0.5, 0.6) is 0 Å². The average Bonchev–Trinajstić information content (AvgIpc) is 2.92. The first-order valence-corrected chi connectivity index (χ1v) is 7.33. The molecule has 6 heteroatoms. The lowest BCUT2D eigenvalue weighted by Gasteiger charge is -2.37. The molecule has 0 atom stereocenters. The van der Waals surface area contributed by atoms with Crippen LogP contribution in [0.25, 0.3) is 0 Å². The first-order chi connectivity index (χ1) is 10.1. The average molecular weight is 292 g/mol. The summed E-state index contributed by atoms with van der Waals surface area (Å²) in [5, 5.41) is 11.0. The van der Waals surface area contributed by atoms with E-state index in [-0.39, 0.29) is 16.4 Å². The van der Waals surface area contributed by atoms with Crippen molar-refractivity contribution < 1.29 is 14.4 Å². The van der Waals surface area contributed by atoms with E-state index in [4.69, 9.17) is 9.47 Å². The third-order valence-corrected chi connectivity index (χ3v) is 4.44. The molecule has 2 aliphatic rings. The third-order valence-electron chi connectivity index (χ3n) is 4.44. The van der Waals surface area contributed by atoms with Crippen molar-refractivity contribution in [1.29, 1.82) is 0 Å². The van der Waals surface area contributed by atoms with Crippen molar-refractivity contribution in [1.82, 2.24) is 4.90 Å². The minimum absolute atomic E-state index is 0.198. The Hall–Kier alpha value is -1.50. The van der Waals surface area contributed by atoms with Crippen LogP contribution in [0.15, 0.2) is 18.2 Å². The smallest absolute Gasteiger partial charge is 0.272 e. The zero-order valence-corrected chi connectivity index (χ0v) is 12.2. The second-order valence-electron chi connectivity index (χ2n) is 5.70. The molecule has 0 radical (unpaired) electrons. The van der Waals surface area contributed by atoms with E-state index in [9.17, 15) is 10.1 Å². The molecule has 1 spiro atoms. The maximum Gasteiger partial charge on any atom is 0.272 e. The summed E-state index contributed by atoms with van der Waals surface area (Å²) in [5.41, 5.74) is 1.98. The maximum atomic E-state index is 11.0. The monoisotopic (exact) mass is 292 g/mol. The van der Waals surface area contributed by atoms with Gasteiger partial charge in [-0.3, -0.25) is 15.0 Å². The molecule has 1 aromatic rings. The van der Waals surface area contributed by atoms with Crippen molar-refractivity contribution >= 4 is 5.69 Å². The van der Waals surface area contributed by atoms with Gasteiger partial charge in [0.2, 0.25) is 0 Å². The number of benzene rings is 1.